The predicted molar refractivity (Wildman–Crippen MR) is 69.2 cm³/mol. The third kappa shape index (κ3) is 2.71. The molecule has 0 fully saturated rings. The molecule has 88 valence electrons. The zero-order valence-corrected chi connectivity index (χ0v) is 10.6. The predicted octanol–water partition coefficient (Wildman–Crippen LogP) is 2.94. The molecule has 4 heteroatoms. The highest BCUT2D eigenvalue weighted by Gasteiger charge is 2.14. The van der Waals surface area contributed by atoms with Gasteiger partial charge >= 0.3 is 0 Å². The molecule has 2 rings (SSSR count). The zero-order valence-electron chi connectivity index (χ0n) is 9.81. The molecule has 1 atom stereocenters. The van der Waals surface area contributed by atoms with Crippen molar-refractivity contribution in [2.24, 2.45) is 0 Å². The molecule has 0 radical (unpaired) electrons. The lowest BCUT2D eigenvalue weighted by Gasteiger charge is -2.13. The molecule has 1 unspecified atom stereocenters. The summed E-state index contributed by atoms with van der Waals surface area (Å²) < 4.78 is 0. The van der Waals surface area contributed by atoms with Gasteiger partial charge in [-0.05, 0) is 42.5 Å². The van der Waals surface area contributed by atoms with Gasteiger partial charge in [0.2, 0.25) is 0 Å². The lowest BCUT2D eigenvalue weighted by molar-refractivity contribution is 0.0943. The molecule has 1 N–H and O–H groups in total. The van der Waals surface area contributed by atoms with Gasteiger partial charge < -0.3 is 5.32 Å². The Kier molecular flexibility index (Phi) is 3.54. The van der Waals surface area contributed by atoms with E-state index in [4.69, 9.17) is 0 Å². The molecule has 0 aliphatic rings. The minimum Gasteiger partial charge on any atom is -0.345 e. The van der Waals surface area contributed by atoms with Crippen LogP contribution in [-0.4, -0.2) is 10.9 Å². The van der Waals surface area contributed by atoms with Gasteiger partial charge in [0.1, 0.15) is 0 Å². The Labute approximate surface area is 105 Å². The second-order valence-electron chi connectivity index (χ2n) is 3.91. The Balaban J connectivity index is 2.08. The van der Waals surface area contributed by atoms with Crippen LogP contribution in [-0.2, 0) is 0 Å². The molecule has 0 saturated carbocycles. The molecular weight excluding hydrogens is 232 g/mol. The molecular formula is C13H14N2OS. The van der Waals surface area contributed by atoms with Gasteiger partial charge in [-0.15, -0.1) is 11.3 Å². The summed E-state index contributed by atoms with van der Waals surface area (Å²) in [6.45, 7) is 3.90. The molecule has 0 saturated heterocycles. The summed E-state index contributed by atoms with van der Waals surface area (Å²) in [5.74, 6) is -0.0196. The van der Waals surface area contributed by atoms with Crippen molar-refractivity contribution in [3.05, 3.63) is 52.0 Å². The van der Waals surface area contributed by atoms with Crippen LogP contribution in [0.5, 0.6) is 0 Å². The highest BCUT2D eigenvalue weighted by molar-refractivity contribution is 7.12. The van der Waals surface area contributed by atoms with Gasteiger partial charge in [-0.2, -0.15) is 0 Å². The highest BCUT2D eigenvalue weighted by atomic mass is 32.1. The van der Waals surface area contributed by atoms with Crippen LogP contribution in [0.2, 0.25) is 0 Å². The molecule has 0 spiro atoms. The van der Waals surface area contributed by atoms with Crippen molar-refractivity contribution in [1.29, 1.82) is 0 Å². The summed E-state index contributed by atoms with van der Waals surface area (Å²) in [5, 5.41) is 4.90. The van der Waals surface area contributed by atoms with Crippen LogP contribution in [0.4, 0.5) is 0 Å². The summed E-state index contributed by atoms with van der Waals surface area (Å²) in [6.07, 6.45) is 3.49. The van der Waals surface area contributed by atoms with Crippen LogP contribution >= 0.6 is 11.3 Å². The third-order valence-electron chi connectivity index (χ3n) is 2.60. The van der Waals surface area contributed by atoms with Crippen molar-refractivity contribution in [1.82, 2.24) is 10.3 Å². The summed E-state index contributed by atoms with van der Waals surface area (Å²) in [4.78, 5) is 16.8. The number of pyridine rings is 1. The molecule has 0 aliphatic heterocycles. The molecule has 17 heavy (non-hydrogen) atoms. The van der Waals surface area contributed by atoms with Crippen LogP contribution in [0.1, 0.15) is 33.8 Å². The van der Waals surface area contributed by atoms with E-state index in [1.165, 1.54) is 11.3 Å². The van der Waals surface area contributed by atoms with E-state index in [0.29, 0.717) is 0 Å². The Morgan fingerprint density at radius 1 is 1.47 bits per heavy atom. The largest absolute Gasteiger partial charge is 0.345 e. The van der Waals surface area contributed by atoms with Crippen molar-refractivity contribution in [3.8, 4) is 0 Å². The van der Waals surface area contributed by atoms with E-state index < -0.39 is 0 Å². The first kappa shape index (κ1) is 11.8. The molecule has 2 aromatic heterocycles. The number of hydrogen-bond donors (Lipinski definition) is 1. The average molecular weight is 246 g/mol. The monoisotopic (exact) mass is 246 g/mol. The van der Waals surface area contributed by atoms with Crippen molar-refractivity contribution >= 4 is 17.2 Å². The Morgan fingerprint density at radius 2 is 2.29 bits per heavy atom. The van der Waals surface area contributed by atoms with Gasteiger partial charge in [-0.25, -0.2) is 0 Å². The number of thiophene rings is 1. The van der Waals surface area contributed by atoms with E-state index in [1.807, 2.05) is 37.4 Å². The number of nitrogens with one attached hydrogen (secondary N) is 1. The number of carbonyl (C=O) groups is 1. The lowest BCUT2D eigenvalue weighted by Crippen LogP contribution is -2.26. The van der Waals surface area contributed by atoms with E-state index in [-0.39, 0.29) is 11.9 Å². The minimum absolute atomic E-state index is 0.0196. The van der Waals surface area contributed by atoms with Gasteiger partial charge in [-0.1, -0.05) is 6.07 Å². The number of nitrogens with zero attached hydrogens (tertiary/aromatic N) is 1. The Hall–Kier alpha value is -1.68. The van der Waals surface area contributed by atoms with Crippen molar-refractivity contribution in [2.75, 3.05) is 0 Å². The molecule has 1 amide bonds. The van der Waals surface area contributed by atoms with Crippen LogP contribution in [0.3, 0.4) is 0 Å². The molecule has 0 aliphatic carbocycles. The number of hydrogen-bond acceptors (Lipinski definition) is 3. The molecule has 0 aromatic carbocycles. The van der Waals surface area contributed by atoms with Gasteiger partial charge in [0, 0.05) is 12.4 Å². The Bertz CT molecular complexity index is 507. The fourth-order valence-electron chi connectivity index (χ4n) is 1.58. The fraction of sp³-hybridized carbons (Fsp3) is 0.231. The second-order valence-corrected chi connectivity index (χ2v) is 4.83. The quantitative estimate of drug-likeness (QED) is 0.904. The van der Waals surface area contributed by atoms with Crippen molar-refractivity contribution in [2.45, 2.75) is 19.9 Å². The summed E-state index contributed by atoms with van der Waals surface area (Å²) in [6, 6.07) is 5.75. The van der Waals surface area contributed by atoms with E-state index in [0.717, 1.165) is 16.0 Å². The normalized spacial score (nSPS) is 12.1. The number of rotatable bonds is 3. The maximum absolute atomic E-state index is 12.0. The van der Waals surface area contributed by atoms with Gasteiger partial charge in [0.15, 0.2) is 0 Å². The fourth-order valence-corrected chi connectivity index (χ4v) is 2.41. The smallest absolute Gasteiger partial charge is 0.262 e. The lowest BCUT2D eigenvalue weighted by atomic mass is 10.1. The molecule has 2 aromatic rings. The summed E-state index contributed by atoms with van der Waals surface area (Å²) in [7, 11) is 0. The molecule has 0 bridgehead atoms. The summed E-state index contributed by atoms with van der Waals surface area (Å²) >= 11 is 1.47. The van der Waals surface area contributed by atoms with Crippen LogP contribution in [0.25, 0.3) is 0 Å². The highest BCUT2D eigenvalue weighted by Crippen LogP contribution is 2.17. The first-order chi connectivity index (χ1) is 8.18. The Morgan fingerprint density at radius 3 is 2.88 bits per heavy atom. The molecule has 2 heterocycles. The third-order valence-corrected chi connectivity index (χ3v) is 3.62. The topological polar surface area (TPSA) is 42.0 Å². The van der Waals surface area contributed by atoms with Crippen LogP contribution in [0.15, 0.2) is 36.0 Å². The first-order valence-electron chi connectivity index (χ1n) is 5.43. The maximum atomic E-state index is 12.0. The standard InChI is InChI=1S/C13H14N2OS/c1-9-5-7-17-12(9)13(16)15-10(2)11-4-3-6-14-8-11/h3-8,10H,1-2H3,(H,15,16). The van der Waals surface area contributed by atoms with E-state index in [2.05, 4.69) is 10.3 Å². The number of carbonyl (C=O) groups excluding carboxylic acids is 1. The summed E-state index contributed by atoms with van der Waals surface area (Å²) in [5.41, 5.74) is 2.03. The molecule has 3 nitrogen and oxygen atoms in total. The minimum atomic E-state index is -0.0299. The van der Waals surface area contributed by atoms with E-state index in [1.54, 1.807) is 12.4 Å². The van der Waals surface area contributed by atoms with Crippen molar-refractivity contribution in [3.63, 3.8) is 0 Å². The number of aromatic nitrogens is 1. The number of aryl methyl sites for hydroxylation is 1. The average Bonchev–Trinajstić information content (AvgIpc) is 2.76. The van der Waals surface area contributed by atoms with Crippen LogP contribution < -0.4 is 5.32 Å². The van der Waals surface area contributed by atoms with E-state index in [9.17, 15) is 4.79 Å². The van der Waals surface area contributed by atoms with Gasteiger partial charge in [0.05, 0.1) is 10.9 Å². The van der Waals surface area contributed by atoms with Crippen molar-refractivity contribution < 1.29 is 4.79 Å². The SMILES string of the molecule is Cc1ccsc1C(=O)NC(C)c1cccnc1. The van der Waals surface area contributed by atoms with E-state index >= 15 is 0 Å². The second kappa shape index (κ2) is 5.10. The number of amides is 1. The first-order valence-corrected chi connectivity index (χ1v) is 6.31. The van der Waals surface area contributed by atoms with Crippen LogP contribution in [0, 0.1) is 6.92 Å². The van der Waals surface area contributed by atoms with Gasteiger partial charge in [-0.3, -0.25) is 9.78 Å². The van der Waals surface area contributed by atoms with Gasteiger partial charge in [0.25, 0.3) is 5.91 Å². The maximum Gasteiger partial charge on any atom is 0.262 e. The zero-order chi connectivity index (χ0) is 12.3.